The molecule has 5 nitrogen and oxygen atoms in total. The van der Waals surface area contributed by atoms with Crippen LogP contribution in [0.4, 0.5) is 14.5 Å². The lowest BCUT2D eigenvalue weighted by atomic mass is 10.1. The summed E-state index contributed by atoms with van der Waals surface area (Å²) in [6, 6.07) is 3.99. The Labute approximate surface area is 103 Å². The number of hydrogen-bond donors (Lipinski definition) is 3. The predicted octanol–water partition coefficient (Wildman–Crippen LogP) is 0.986. The number of rotatable bonds is 6. The van der Waals surface area contributed by atoms with Gasteiger partial charge < -0.3 is 20.9 Å². The summed E-state index contributed by atoms with van der Waals surface area (Å²) in [6.45, 7) is -0.598. The van der Waals surface area contributed by atoms with Crippen molar-refractivity contribution in [2.24, 2.45) is 0 Å². The molecule has 0 fully saturated rings. The van der Waals surface area contributed by atoms with Gasteiger partial charge in [-0.25, -0.2) is 8.78 Å². The van der Waals surface area contributed by atoms with Crippen molar-refractivity contribution >= 4 is 11.6 Å². The lowest BCUT2D eigenvalue weighted by Gasteiger charge is -2.08. The van der Waals surface area contributed by atoms with E-state index in [0.717, 1.165) is 0 Å². The maximum Gasteiger partial charge on any atom is 0.261 e. The van der Waals surface area contributed by atoms with Crippen LogP contribution in [-0.2, 0) is 4.74 Å². The number of nitrogen functional groups attached to an aromatic ring is 1. The minimum atomic E-state index is -2.53. The van der Waals surface area contributed by atoms with Crippen molar-refractivity contribution in [3.8, 4) is 5.75 Å². The highest BCUT2D eigenvalue weighted by Crippen LogP contribution is 2.17. The van der Waals surface area contributed by atoms with Gasteiger partial charge in [0, 0.05) is 12.2 Å². The topological polar surface area (TPSA) is 84.6 Å². The van der Waals surface area contributed by atoms with Gasteiger partial charge in [-0.1, -0.05) is 0 Å². The molecule has 1 rings (SSSR count). The number of phenols is 1. The number of aromatic hydroxyl groups is 1. The number of anilines is 1. The molecular weight excluding hydrogens is 246 g/mol. The number of nitrogens with two attached hydrogens (primary N) is 1. The van der Waals surface area contributed by atoms with Crippen molar-refractivity contribution in [2.75, 3.05) is 25.5 Å². The lowest BCUT2D eigenvalue weighted by molar-refractivity contribution is 0.0188. The second-order valence-corrected chi connectivity index (χ2v) is 3.49. The first-order chi connectivity index (χ1) is 8.50. The summed E-state index contributed by atoms with van der Waals surface area (Å²) < 4.78 is 28.0. The predicted molar refractivity (Wildman–Crippen MR) is 61.7 cm³/mol. The Balaban J connectivity index is 2.39. The van der Waals surface area contributed by atoms with Gasteiger partial charge in [-0.05, 0) is 18.2 Å². The molecule has 0 saturated carbocycles. The molecule has 1 aromatic carbocycles. The Kier molecular flexibility index (Phi) is 5.31. The third-order valence-electron chi connectivity index (χ3n) is 2.06. The van der Waals surface area contributed by atoms with Gasteiger partial charge in [-0.15, -0.1) is 0 Å². The number of benzene rings is 1. The van der Waals surface area contributed by atoms with E-state index in [1.54, 1.807) is 0 Å². The zero-order chi connectivity index (χ0) is 13.5. The van der Waals surface area contributed by atoms with Crippen LogP contribution >= 0.6 is 0 Å². The van der Waals surface area contributed by atoms with Crippen LogP contribution in [0.3, 0.4) is 0 Å². The van der Waals surface area contributed by atoms with E-state index in [2.05, 4.69) is 10.1 Å². The number of halogens is 2. The second-order valence-electron chi connectivity index (χ2n) is 3.49. The molecule has 18 heavy (non-hydrogen) atoms. The molecule has 0 aliphatic heterocycles. The molecule has 0 saturated heterocycles. The molecule has 0 heterocycles. The van der Waals surface area contributed by atoms with Crippen LogP contribution in [0, 0.1) is 0 Å². The second kappa shape index (κ2) is 6.75. The van der Waals surface area contributed by atoms with E-state index < -0.39 is 18.9 Å². The monoisotopic (exact) mass is 260 g/mol. The molecular formula is C11H14F2N2O3. The zero-order valence-electron chi connectivity index (χ0n) is 9.53. The number of carbonyl (C=O) groups excluding carboxylic acids is 1. The van der Waals surface area contributed by atoms with E-state index in [-0.39, 0.29) is 30.2 Å². The van der Waals surface area contributed by atoms with E-state index in [0.29, 0.717) is 0 Å². The van der Waals surface area contributed by atoms with E-state index >= 15 is 0 Å². The molecule has 100 valence electrons. The fourth-order valence-electron chi connectivity index (χ4n) is 1.25. The summed E-state index contributed by atoms with van der Waals surface area (Å²) in [5.74, 6) is -0.577. The highest BCUT2D eigenvalue weighted by Gasteiger charge is 2.10. The first kappa shape index (κ1) is 14.2. The van der Waals surface area contributed by atoms with Gasteiger partial charge in [0.05, 0.1) is 12.2 Å². The molecule has 0 aromatic heterocycles. The number of ether oxygens (including phenoxy) is 1. The number of carbonyl (C=O) groups is 1. The first-order valence-electron chi connectivity index (χ1n) is 5.23. The van der Waals surface area contributed by atoms with Crippen molar-refractivity contribution in [2.45, 2.75) is 6.43 Å². The van der Waals surface area contributed by atoms with E-state index in [1.165, 1.54) is 18.2 Å². The Hall–Kier alpha value is -1.89. The highest BCUT2D eigenvalue weighted by atomic mass is 19.3. The Morgan fingerprint density at radius 3 is 2.89 bits per heavy atom. The molecule has 7 heteroatoms. The number of phenolic OH excluding ortho intramolecular Hbond substituents is 1. The minimum Gasteiger partial charge on any atom is -0.508 e. The number of alkyl halides is 2. The van der Waals surface area contributed by atoms with Crippen LogP contribution in [0.15, 0.2) is 18.2 Å². The molecule has 1 aromatic rings. The Morgan fingerprint density at radius 2 is 2.22 bits per heavy atom. The molecule has 0 bridgehead atoms. The summed E-state index contributed by atoms with van der Waals surface area (Å²) in [4.78, 5) is 11.6. The van der Waals surface area contributed by atoms with Crippen molar-refractivity contribution in [3.63, 3.8) is 0 Å². The smallest absolute Gasteiger partial charge is 0.261 e. The van der Waals surface area contributed by atoms with Crippen molar-refractivity contribution in [3.05, 3.63) is 23.8 Å². The van der Waals surface area contributed by atoms with E-state index in [4.69, 9.17) is 5.73 Å². The molecule has 0 unspecified atom stereocenters. The summed E-state index contributed by atoms with van der Waals surface area (Å²) in [5, 5.41) is 11.7. The molecule has 0 radical (unpaired) electrons. The maximum atomic E-state index is 11.7. The van der Waals surface area contributed by atoms with Crippen LogP contribution in [0.25, 0.3) is 0 Å². The van der Waals surface area contributed by atoms with Crippen LogP contribution in [0.5, 0.6) is 5.75 Å². The van der Waals surface area contributed by atoms with Crippen molar-refractivity contribution in [1.82, 2.24) is 5.32 Å². The SMILES string of the molecule is Nc1ccc(O)cc1C(=O)NCCOCC(F)F. The van der Waals surface area contributed by atoms with Crippen molar-refractivity contribution < 1.29 is 23.4 Å². The average Bonchev–Trinajstić information content (AvgIpc) is 2.31. The number of hydrogen-bond acceptors (Lipinski definition) is 4. The number of nitrogens with one attached hydrogen (secondary N) is 1. The standard InChI is InChI=1S/C11H14F2N2O3/c12-10(13)6-18-4-3-15-11(17)8-5-7(16)1-2-9(8)14/h1-2,5,10,16H,3-4,6,14H2,(H,15,17). The van der Waals surface area contributed by atoms with Crippen LogP contribution in [0.1, 0.15) is 10.4 Å². The van der Waals surface area contributed by atoms with Gasteiger partial charge in [-0.3, -0.25) is 4.79 Å². The number of amides is 1. The molecule has 0 atom stereocenters. The summed E-state index contributed by atoms with van der Waals surface area (Å²) in [5.41, 5.74) is 5.91. The largest absolute Gasteiger partial charge is 0.508 e. The van der Waals surface area contributed by atoms with Gasteiger partial charge in [0.25, 0.3) is 12.3 Å². The molecule has 1 amide bonds. The fraction of sp³-hybridized carbons (Fsp3) is 0.364. The van der Waals surface area contributed by atoms with Crippen LogP contribution < -0.4 is 11.1 Å². The lowest BCUT2D eigenvalue weighted by Crippen LogP contribution is -2.28. The summed E-state index contributed by atoms with van der Waals surface area (Å²) >= 11 is 0. The minimum absolute atomic E-state index is 0.0190. The van der Waals surface area contributed by atoms with Gasteiger partial charge >= 0.3 is 0 Å². The fourth-order valence-corrected chi connectivity index (χ4v) is 1.25. The summed E-state index contributed by atoms with van der Waals surface area (Å²) in [6.07, 6.45) is -2.53. The molecule has 0 aliphatic rings. The Morgan fingerprint density at radius 1 is 1.50 bits per heavy atom. The molecule has 0 spiro atoms. The quantitative estimate of drug-likeness (QED) is 0.404. The first-order valence-corrected chi connectivity index (χ1v) is 5.23. The third kappa shape index (κ3) is 4.54. The third-order valence-corrected chi connectivity index (χ3v) is 2.06. The zero-order valence-corrected chi connectivity index (χ0v) is 9.53. The van der Waals surface area contributed by atoms with Crippen LogP contribution in [-0.4, -0.2) is 37.2 Å². The normalized spacial score (nSPS) is 10.6. The van der Waals surface area contributed by atoms with E-state index in [9.17, 15) is 18.7 Å². The maximum absolute atomic E-state index is 11.7. The average molecular weight is 260 g/mol. The van der Waals surface area contributed by atoms with Gasteiger partial charge in [0.15, 0.2) is 0 Å². The molecule has 0 aliphatic carbocycles. The Bertz CT molecular complexity index is 413. The van der Waals surface area contributed by atoms with Gasteiger partial charge in [-0.2, -0.15) is 0 Å². The molecule has 4 N–H and O–H groups in total. The van der Waals surface area contributed by atoms with Gasteiger partial charge in [0.2, 0.25) is 0 Å². The van der Waals surface area contributed by atoms with Gasteiger partial charge in [0.1, 0.15) is 12.4 Å². The van der Waals surface area contributed by atoms with Crippen LogP contribution in [0.2, 0.25) is 0 Å². The van der Waals surface area contributed by atoms with E-state index in [1.807, 2.05) is 0 Å². The summed E-state index contributed by atoms with van der Waals surface area (Å²) in [7, 11) is 0. The van der Waals surface area contributed by atoms with Crippen molar-refractivity contribution in [1.29, 1.82) is 0 Å². The highest BCUT2D eigenvalue weighted by molar-refractivity contribution is 5.99.